The Morgan fingerprint density at radius 3 is 3.27 bits per heavy atom. The lowest BCUT2D eigenvalue weighted by molar-refractivity contribution is 1.44. The fourth-order valence-corrected chi connectivity index (χ4v) is 1.56. The van der Waals surface area contributed by atoms with Crippen molar-refractivity contribution in [3.05, 3.63) is 29.3 Å². The van der Waals surface area contributed by atoms with Crippen molar-refractivity contribution in [1.29, 1.82) is 5.26 Å². The van der Waals surface area contributed by atoms with Crippen molar-refractivity contribution in [2.24, 2.45) is 0 Å². The van der Waals surface area contributed by atoms with Gasteiger partial charge in [0.05, 0.1) is 15.8 Å². The molecule has 0 N–H and O–H groups in total. The summed E-state index contributed by atoms with van der Waals surface area (Å²) < 4.78 is 1.02. The lowest BCUT2D eigenvalue weighted by atomic mass is 10.2. The van der Waals surface area contributed by atoms with E-state index in [1.165, 1.54) is 11.3 Å². The molecule has 0 spiro atoms. The zero-order valence-corrected chi connectivity index (χ0v) is 6.35. The molecule has 11 heavy (non-hydrogen) atoms. The zero-order chi connectivity index (χ0) is 7.68. The van der Waals surface area contributed by atoms with E-state index in [1.54, 1.807) is 6.07 Å². The van der Waals surface area contributed by atoms with Crippen LogP contribution >= 0.6 is 11.3 Å². The van der Waals surface area contributed by atoms with Crippen molar-refractivity contribution < 1.29 is 0 Å². The molecule has 0 saturated heterocycles. The van der Waals surface area contributed by atoms with Crippen molar-refractivity contribution in [3.63, 3.8) is 0 Å². The van der Waals surface area contributed by atoms with Gasteiger partial charge in [0, 0.05) is 0 Å². The number of nitrogens with zero attached hydrogens (tertiary/aromatic N) is 2. The van der Waals surface area contributed by atoms with E-state index < -0.39 is 0 Å². The molecule has 1 radical (unpaired) electrons. The molecule has 0 atom stereocenters. The first-order valence-corrected chi connectivity index (χ1v) is 3.89. The number of thiazole rings is 1. The molecule has 1 aromatic heterocycles. The molecule has 0 aliphatic rings. The summed E-state index contributed by atoms with van der Waals surface area (Å²) in [6.07, 6.45) is 0. The summed E-state index contributed by atoms with van der Waals surface area (Å²) in [6, 6.07) is 7.63. The standard InChI is InChI=1S/C8H3N2S/c9-4-6-2-1-3-7-8(6)10-5-11-7/h1-3H. The molecule has 0 aliphatic carbocycles. The summed E-state index contributed by atoms with van der Waals surface area (Å²) in [5.41, 5.74) is 4.14. The Hall–Kier alpha value is -1.40. The first-order chi connectivity index (χ1) is 5.42. The number of benzene rings is 1. The Morgan fingerprint density at radius 1 is 1.55 bits per heavy atom. The fourth-order valence-electron chi connectivity index (χ4n) is 0.928. The minimum absolute atomic E-state index is 0.625. The van der Waals surface area contributed by atoms with E-state index in [2.05, 4.69) is 16.6 Å². The third-order valence-corrected chi connectivity index (χ3v) is 2.16. The van der Waals surface area contributed by atoms with Crippen molar-refractivity contribution in [1.82, 2.24) is 4.98 Å². The second-order valence-electron chi connectivity index (χ2n) is 2.07. The average molecular weight is 159 g/mol. The maximum Gasteiger partial charge on any atom is 0.153 e. The summed E-state index contributed by atoms with van der Waals surface area (Å²) in [6.45, 7) is 0. The minimum Gasteiger partial charge on any atom is -0.232 e. The van der Waals surface area contributed by atoms with Crippen molar-refractivity contribution in [3.8, 4) is 6.07 Å². The van der Waals surface area contributed by atoms with Gasteiger partial charge in [0.25, 0.3) is 0 Å². The van der Waals surface area contributed by atoms with Gasteiger partial charge in [-0.15, -0.1) is 11.3 Å². The van der Waals surface area contributed by atoms with Gasteiger partial charge >= 0.3 is 0 Å². The number of para-hydroxylation sites is 1. The second kappa shape index (κ2) is 2.33. The Kier molecular flexibility index (Phi) is 1.34. The van der Waals surface area contributed by atoms with Crippen LogP contribution in [0.15, 0.2) is 18.2 Å². The fraction of sp³-hybridized carbons (Fsp3) is 0. The van der Waals surface area contributed by atoms with Crippen molar-refractivity contribution in [2.45, 2.75) is 0 Å². The SMILES string of the molecule is N#Cc1cccc2s[c]nc12. The third kappa shape index (κ3) is 0.883. The molecule has 2 aromatic rings. The van der Waals surface area contributed by atoms with Crippen LogP contribution in [-0.2, 0) is 0 Å². The molecule has 51 valence electrons. The third-order valence-electron chi connectivity index (χ3n) is 1.43. The van der Waals surface area contributed by atoms with Crippen LogP contribution in [0.2, 0.25) is 0 Å². The molecule has 1 heterocycles. The van der Waals surface area contributed by atoms with E-state index in [0.717, 1.165) is 10.2 Å². The molecular formula is C8H3N2S. The molecular weight excluding hydrogens is 156 g/mol. The molecule has 2 rings (SSSR count). The van der Waals surface area contributed by atoms with Crippen LogP contribution in [0.3, 0.4) is 0 Å². The molecule has 0 aliphatic heterocycles. The van der Waals surface area contributed by atoms with Crippen LogP contribution < -0.4 is 0 Å². The Balaban J connectivity index is 2.92. The van der Waals surface area contributed by atoms with Crippen LogP contribution in [0.5, 0.6) is 0 Å². The highest BCUT2D eigenvalue weighted by atomic mass is 32.1. The molecule has 0 saturated carbocycles. The van der Waals surface area contributed by atoms with Crippen molar-refractivity contribution in [2.75, 3.05) is 0 Å². The largest absolute Gasteiger partial charge is 0.232 e. The smallest absolute Gasteiger partial charge is 0.153 e. The summed E-state index contributed by atoms with van der Waals surface area (Å²) in [5.74, 6) is 0. The Morgan fingerprint density at radius 2 is 2.45 bits per heavy atom. The normalized spacial score (nSPS) is 9.73. The van der Waals surface area contributed by atoms with E-state index in [4.69, 9.17) is 5.26 Å². The highest BCUT2D eigenvalue weighted by molar-refractivity contribution is 7.16. The summed E-state index contributed by atoms with van der Waals surface area (Å²) in [7, 11) is 0. The lowest BCUT2D eigenvalue weighted by Crippen LogP contribution is -1.74. The van der Waals surface area contributed by atoms with E-state index >= 15 is 0 Å². The van der Waals surface area contributed by atoms with Crippen LogP contribution in [0.1, 0.15) is 5.56 Å². The van der Waals surface area contributed by atoms with Crippen LogP contribution in [0.25, 0.3) is 10.2 Å². The lowest BCUT2D eigenvalue weighted by Gasteiger charge is -1.87. The van der Waals surface area contributed by atoms with Gasteiger partial charge < -0.3 is 0 Å². The van der Waals surface area contributed by atoms with Gasteiger partial charge in [-0.05, 0) is 12.1 Å². The van der Waals surface area contributed by atoms with Crippen LogP contribution in [0, 0.1) is 16.8 Å². The molecule has 0 fully saturated rings. The maximum atomic E-state index is 8.65. The highest BCUT2D eigenvalue weighted by Gasteiger charge is 2.00. The first kappa shape index (κ1) is 6.32. The predicted octanol–water partition coefficient (Wildman–Crippen LogP) is 1.97. The van der Waals surface area contributed by atoms with Gasteiger partial charge in [-0.2, -0.15) is 5.26 Å². The summed E-state index contributed by atoms with van der Waals surface area (Å²) in [5, 5.41) is 8.65. The Bertz CT molecular complexity index is 425. The topological polar surface area (TPSA) is 36.7 Å². The van der Waals surface area contributed by atoms with E-state index in [-0.39, 0.29) is 0 Å². The number of hydrogen-bond acceptors (Lipinski definition) is 3. The molecule has 0 bridgehead atoms. The molecule has 0 unspecified atom stereocenters. The predicted molar refractivity (Wildman–Crippen MR) is 43.2 cm³/mol. The number of nitriles is 1. The molecule has 3 heteroatoms. The van der Waals surface area contributed by atoms with Crippen molar-refractivity contribution >= 4 is 21.6 Å². The quantitative estimate of drug-likeness (QED) is 0.589. The van der Waals surface area contributed by atoms with Gasteiger partial charge in [0.15, 0.2) is 5.51 Å². The summed E-state index contributed by atoms with van der Waals surface area (Å²) in [4.78, 5) is 3.96. The number of rotatable bonds is 0. The molecule has 0 amide bonds. The maximum absolute atomic E-state index is 8.65. The van der Waals surface area contributed by atoms with Gasteiger partial charge in [0.2, 0.25) is 0 Å². The monoisotopic (exact) mass is 159 g/mol. The van der Waals surface area contributed by atoms with Gasteiger partial charge in [-0.25, -0.2) is 4.98 Å². The molecule has 1 aromatic carbocycles. The van der Waals surface area contributed by atoms with E-state index in [1.807, 2.05) is 12.1 Å². The van der Waals surface area contributed by atoms with Gasteiger partial charge in [0.1, 0.15) is 6.07 Å². The van der Waals surface area contributed by atoms with E-state index in [9.17, 15) is 0 Å². The van der Waals surface area contributed by atoms with Crippen LogP contribution in [0.4, 0.5) is 0 Å². The number of aromatic nitrogens is 1. The Labute approximate surface area is 67.7 Å². The summed E-state index contributed by atoms with van der Waals surface area (Å²) >= 11 is 1.43. The number of fused-ring (bicyclic) bond motifs is 1. The van der Waals surface area contributed by atoms with Crippen LogP contribution in [-0.4, -0.2) is 4.98 Å². The van der Waals surface area contributed by atoms with E-state index in [0.29, 0.717) is 5.56 Å². The van der Waals surface area contributed by atoms with Gasteiger partial charge in [-0.1, -0.05) is 6.07 Å². The number of hydrogen-bond donors (Lipinski definition) is 0. The average Bonchev–Trinajstić information content (AvgIpc) is 2.50. The molecule has 2 nitrogen and oxygen atoms in total. The zero-order valence-electron chi connectivity index (χ0n) is 5.53. The first-order valence-electron chi connectivity index (χ1n) is 3.07. The van der Waals surface area contributed by atoms with Gasteiger partial charge in [-0.3, -0.25) is 0 Å². The minimum atomic E-state index is 0.625. The highest BCUT2D eigenvalue weighted by Crippen LogP contribution is 2.19. The second-order valence-corrected chi connectivity index (χ2v) is 2.90.